The van der Waals surface area contributed by atoms with Gasteiger partial charge in [0.1, 0.15) is 0 Å². The standard InChI is InChI=1S/HIO4.K.Mn.4O/c2-1(3,4)5;;;;;;/h2H;;;;;;/q;+1;;;;;-1. The van der Waals surface area contributed by atoms with E-state index in [0.717, 1.165) is 0 Å². The molecule has 0 amide bonds. The van der Waals surface area contributed by atoms with Crippen molar-refractivity contribution in [2.24, 2.45) is 0 Å². The molecule has 64 valence electrons. The Morgan fingerprint density at radius 3 is 1.09 bits per heavy atom. The van der Waals surface area contributed by atoms with Crippen molar-refractivity contribution in [2.45, 2.75) is 0 Å². The van der Waals surface area contributed by atoms with Crippen molar-refractivity contribution in [3.63, 3.8) is 0 Å². The van der Waals surface area contributed by atoms with Gasteiger partial charge in [0.25, 0.3) is 0 Å². The molecule has 0 saturated heterocycles. The van der Waals surface area contributed by atoms with Crippen molar-refractivity contribution < 1.29 is 114 Å². The van der Waals surface area contributed by atoms with Crippen LogP contribution in [0.5, 0.6) is 0 Å². The molecule has 11 heteroatoms. The second-order valence-corrected chi connectivity index (χ2v) is 4.21. The zero-order valence-corrected chi connectivity index (χ0v) is 11.5. The fourth-order valence-electron chi connectivity index (χ4n) is 0. The first-order valence-corrected chi connectivity index (χ1v) is 6.78. The summed E-state index contributed by atoms with van der Waals surface area (Å²) in [6, 6.07) is 0. The van der Waals surface area contributed by atoms with Crippen LogP contribution in [0.2, 0.25) is 0 Å². The van der Waals surface area contributed by atoms with Gasteiger partial charge in [-0.05, 0) is 0 Å². The van der Waals surface area contributed by atoms with Crippen LogP contribution in [-0.4, -0.2) is 3.44 Å². The average Bonchev–Trinajstić information content (AvgIpc) is 1.12. The van der Waals surface area contributed by atoms with E-state index < -0.39 is 33.1 Å². The molecule has 0 rings (SSSR count). The molecule has 0 aliphatic carbocycles. The number of hydrogen-bond donors (Lipinski definition) is 1. The van der Waals surface area contributed by atoms with Gasteiger partial charge in [0.2, 0.25) is 0 Å². The minimum absolute atomic E-state index is 0. The summed E-state index contributed by atoms with van der Waals surface area (Å²) in [7, 11) is 0. The van der Waals surface area contributed by atoms with Gasteiger partial charge in [-0.1, -0.05) is 0 Å². The quantitative estimate of drug-likeness (QED) is 0.332. The predicted molar refractivity (Wildman–Crippen MR) is 4.28 cm³/mol. The van der Waals surface area contributed by atoms with Gasteiger partial charge in [-0.25, -0.2) is 0 Å². The molecule has 11 heavy (non-hydrogen) atoms. The predicted octanol–water partition coefficient (Wildman–Crippen LogP) is -11.7. The molecule has 0 atom stereocenters. The second-order valence-electron chi connectivity index (χ2n) is 0.774. The minimum atomic E-state index is -5.69. The average molecular weight is 350 g/mol. The van der Waals surface area contributed by atoms with Crippen molar-refractivity contribution in [2.75, 3.05) is 0 Å². The first kappa shape index (κ1) is 18.8. The number of halogens is 1. The molecule has 1 N–H and O–H groups in total. The first-order valence-electron chi connectivity index (χ1n) is 1.25. The van der Waals surface area contributed by atoms with Gasteiger partial charge in [-0.3, -0.25) is 10.3 Å². The summed E-state index contributed by atoms with van der Waals surface area (Å²) < 4.78 is 67.5. The molecule has 0 aromatic carbocycles. The van der Waals surface area contributed by atoms with Crippen LogP contribution in [0, 0.1) is 0 Å². The molecule has 0 aromatic heterocycles. The van der Waals surface area contributed by atoms with E-state index in [4.69, 9.17) is 29.4 Å². The van der Waals surface area contributed by atoms with Gasteiger partial charge >= 0.3 is 100 Å². The Balaban J connectivity index is -0.000000107. The van der Waals surface area contributed by atoms with Crippen LogP contribution in [0.3, 0.4) is 0 Å². The first-order chi connectivity index (χ1) is 4.00. The van der Waals surface area contributed by atoms with Gasteiger partial charge in [-0.15, -0.1) is 0 Å². The van der Waals surface area contributed by atoms with E-state index >= 15 is 0 Å². The second kappa shape index (κ2) is 7.49. The third-order valence-corrected chi connectivity index (χ3v) is 0. The normalized spacial score (nSPS) is 10.6. The van der Waals surface area contributed by atoms with Crippen LogP contribution in [0.15, 0.2) is 0 Å². The Bertz CT molecular complexity index is 192. The van der Waals surface area contributed by atoms with Gasteiger partial charge in [0.15, 0.2) is 0 Å². The van der Waals surface area contributed by atoms with Crippen LogP contribution in [0.1, 0.15) is 0 Å². The van der Waals surface area contributed by atoms with Crippen LogP contribution >= 0.6 is 0 Å². The van der Waals surface area contributed by atoms with Crippen molar-refractivity contribution in [1.82, 2.24) is 0 Å². The molecule has 0 radical (unpaired) electrons. The van der Waals surface area contributed by atoms with Gasteiger partial charge in [0.05, 0.1) is 0 Å². The van der Waals surface area contributed by atoms with Gasteiger partial charge < -0.3 is 0 Å². The summed E-state index contributed by atoms with van der Waals surface area (Å²) in [5.74, 6) is 0. The van der Waals surface area contributed by atoms with Crippen molar-refractivity contribution in [1.29, 1.82) is 0 Å². The number of hydrogen-bond acceptors (Lipinski definition) is 8. The third-order valence-electron chi connectivity index (χ3n) is 0. The van der Waals surface area contributed by atoms with Crippen molar-refractivity contribution in [3.05, 3.63) is 0 Å². The number of rotatable bonds is 0. The SMILES string of the molecule is [K+].[O-][I+3]([O-])([O-])O.[O]=[Mn](=[O])(=[O])[O-]. The van der Waals surface area contributed by atoms with E-state index in [2.05, 4.69) is 0 Å². The summed E-state index contributed by atoms with van der Waals surface area (Å²) in [4.78, 5) is 0. The van der Waals surface area contributed by atoms with Crippen LogP contribution in [-0.2, 0) is 24.5 Å². The molecule has 0 aromatic rings. The molecule has 0 heterocycles. The van der Waals surface area contributed by atoms with Crippen LogP contribution in [0.25, 0.3) is 0 Å². The monoisotopic (exact) mass is 350 g/mol. The van der Waals surface area contributed by atoms with E-state index in [0.29, 0.717) is 0 Å². The summed E-state index contributed by atoms with van der Waals surface area (Å²) in [6.07, 6.45) is 0. The summed E-state index contributed by atoms with van der Waals surface area (Å²) >= 11 is -11.3. The molecule has 0 unspecified atom stereocenters. The molecule has 0 aliphatic heterocycles. The van der Waals surface area contributed by atoms with E-state index in [-0.39, 0.29) is 51.4 Å². The van der Waals surface area contributed by atoms with Crippen molar-refractivity contribution in [3.8, 4) is 0 Å². The summed E-state index contributed by atoms with van der Waals surface area (Å²) in [5, 5.41) is 0. The maximum absolute atomic E-state index is 8.73. The Hall–Kier alpha value is 2.09. The summed E-state index contributed by atoms with van der Waals surface area (Å²) in [6.45, 7) is 0. The molecule has 0 spiro atoms. The van der Waals surface area contributed by atoms with E-state index in [1.165, 1.54) is 0 Å². The van der Waals surface area contributed by atoms with E-state index in [1.54, 1.807) is 0 Å². The van der Waals surface area contributed by atoms with E-state index in [1.807, 2.05) is 0 Å². The van der Waals surface area contributed by atoms with Gasteiger partial charge in [0, 0.05) is 3.44 Å². The zero-order chi connectivity index (χ0) is 9.00. The molecular formula is HIKMnO8. The molecule has 0 saturated carbocycles. The Morgan fingerprint density at radius 2 is 1.09 bits per heavy atom. The van der Waals surface area contributed by atoms with Crippen LogP contribution in [0.4, 0.5) is 0 Å². The molecule has 0 fully saturated rings. The Kier molecular flexibility index (Phi) is 12.8. The molecular weight excluding hydrogens is 349 g/mol. The molecule has 0 aliphatic rings. The molecule has 8 nitrogen and oxygen atoms in total. The third kappa shape index (κ3) is 283. The summed E-state index contributed by atoms with van der Waals surface area (Å²) in [5.41, 5.74) is 0. The maximum atomic E-state index is 8.73. The topological polar surface area (TPSA) is 164 Å². The fourth-order valence-corrected chi connectivity index (χ4v) is 0. The van der Waals surface area contributed by atoms with Crippen LogP contribution < -0.4 is 86.0 Å². The zero-order valence-electron chi connectivity index (χ0n) is 5.06. The Morgan fingerprint density at radius 1 is 1.09 bits per heavy atom. The molecule has 0 bridgehead atoms. The van der Waals surface area contributed by atoms with Crippen molar-refractivity contribution >= 4 is 0 Å². The van der Waals surface area contributed by atoms with E-state index in [9.17, 15) is 0 Å². The van der Waals surface area contributed by atoms with Gasteiger partial charge in [-0.2, -0.15) is 0 Å². The Labute approximate surface area is 112 Å². The fraction of sp³-hybridized carbons (Fsp3) is 0.